The quantitative estimate of drug-likeness (QED) is 0.782. The number of hydrogen-bond donors (Lipinski definition) is 0. The van der Waals surface area contributed by atoms with Gasteiger partial charge < -0.3 is 9.47 Å². The fourth-order valence-corrected chi connectivity index (χ4v) is 3.41. The molecule has 3 rings (SSSR count). The van der Waals surface area contributed by atoms with Gasteiger partial charge in [0.1, 0.15) is 19.0 Å². The Morgan fingerprint density at radius 3 is 3.00 bits per heavy atom. The van der Waals surface area contributed by atoms with Crippen molar-refractivity contribution < 1.29 is 14.3 Å². The first kappa shape index (κ1) is 17.3. The Kier molecular flexibility index (Phi) is 5.50. The number of amides is 1. The van der Waals surface area contributed by atoms with Gasteiger partial charge in [0, 0.05) is 24.0 Å². The molecule has 24 heavy (non-hydrogen) atoms. The molecule has 0 fully saturated rings. The second kappa shape index (κ2) is 7.60. The van der Waals surface area contributed by atoms with E-state index in [0.29, 0.717) is 33.3 Å². The molecule has 0 unspecified atom stereocenters. The van der Waals surface area contributed by atoms with Crippen molar-refractivity contribution in [2.45, 2.75) is 11.8 Å². The number of fused-ring (bicyclic) bond motifs is 1. The van der Waals surface area contributed by atoms with Crippen LogP contribution in [-0.4, -0.2) is 46.8 Å². The van der Waals surface area contributed by atoms with Crippen molar-refractivity contribution in [1.82, 2.24) is 14.9 Å². The van der Waals surface area contributed by atoms with E-state index < -0.39 is 0 Å². The molecule has 0 saturated carbocycles. The molecule has 0 N–H and O–H groups in total. The zero-order valence-corrected chi connectivity index (χ0v) is 15.1. The molecular formula is C14H14Cl2N4O3S. The fourth-order valence-electron chi connectivity index (χ4n) is 2.21. The average Bonchev–Trinajstić information content (AvgIpc) is 2.99. The minimum atomic E-state index is -0.166. The molecule has 10 heteroatoms. The summed E-state index contributed by atoms with van der Waals surface area (Å²) in [6.45, 7) is 0.635. The van der Waals surface area contributed by atoms with Crippen LogP contribution < -0.4 is 9.75 Å². The maximum absolute atomic E-state index is 12.2. The highest BCUT2D eigenvalue weighted by molar-refractivity contribution is 7.99. The van der Waals surface area contributed by atoms with E-state index in [-0.39, 0.29) is 19.1 Å². The number of halogens is 2. The molecule has 7 nitrogen and oxygen atoms in total. The van der Waals surface area contributed by atoms with Crippen LogP contribution in [0.1, 0.15) is 5.82 Å². The van der Waals surface area contributed by atoms with E-state index in [9.17, 15) is 4.79 Å². The molecule has 1 aliphatic rings. The van der Waals surface area contributed by atoms with Gasteiger partial charge in [-0.2, -0.15) is 0 Å². The monoisotopic (exact) mass is 388 g/mol. The summed E-state index contributed by atoms with van der Waals surface area (Å²) in [6, 6.07) is 4.96. The third-order valence-corrected chi connectivity index (χ3v) is 4.70. The van der Waals surface area contributed by atoms with Crippen molar-refractivity contribution in [3.63, 3.8) is 0 Å². The summed E-state index contributed by atoms with van der Waals surface area (Å²) >= 11 is 13.6. The summed E-state index contributed by atoms with van der Waals surface area (Å²) in [4.78, 5) is 12.2. The number of aromatic nitrogens is 3. The molecule has 1 amide bonds. The Morgan fingerprint density at radius 2 is 2.21 bits per heavy atom. The lowest BCUT2D eigenvalue weighted by Gasteiger charge is -2.28. The van der Waals surface area contributed by atoms with E-state index in [4.69, 9.17) is 32.7 Å². The van der Waals surface area contributed by atoms with Crippen LogP contribution in [0.4, 0.5) is 0 Å². The summed E-state index contributed by atoms with van der Waals surface area (Å²) < 4.78 is 12.3. The van der Waals surface area contributed by atoms with Crippen LogP contribution in [0.3, 0.4) is 0 Å². The van der Waals surface area contributed by atoms with Crippen LogP contribution in [-0.2, 0) is 16.1 Å². The maximum atomic E-state index is 12.2. The molecular weight excluding hydrogens is 375 g/mol. The molecule has 0 radical (unpaired) electrons. The third-order valence-electron chi connectivity index (χ3n) is 3.26. The standard InChI is InChI=1S/C14H14Cl2N4O3S/c1-22-8-13(21)19-4-5-24-14-18-17-12(20(14)19)7-23-11-6-9(15)2-3-10(11)16/h2-3,6H,4-5,7-8H2,1H3. The summed E-state index contributed by atoms with van der Waals surface area (Å²) in [5.74, 6) is 1.52. The number of carbonyl (C=O) groups is 1. The molecule has 1 aromatic heterocycles. The summed E-state index contributed by atoms with van der Waals surface area (Å²) in [7, 11) is 1.48. The van der Waals surface area contributed by atoms with E-state index in [2.05, 4.69) is 10.2 Å². The Morgan fingerprint density at radius 1 is 1.38 bits per heavy atom. The minimum absolute atomic E-state index is 0.0112. The van der Waals surface area contributed by atoms with E-state index in [1.165, 1.54) is 18.9 Å². The predicted octanol–water partition coefficient (Wildman–Crippen LogP) is 2.38. The summed E-state index contributed by atoms with van der Waals surface area (Å²) in [5, 5.41) is 11.4. The van der Waals surface area contributed by atoms with E-state index >= 15 is 0 Å². The number of ether oxygens (including phenoxy) is 2. The van der Waals surface area contributed by atoms with Gasteiger partial charge in [-0.1, -0.05) is 35.0 Å². The van der Waals surface area contributed by atoms with Crippen LogP contribution >= 0.6 is 35.0 Å². The van der Waals surface area contributed by atoms with Gasteiger partial charge >= 0.3 is 0 Å². The van der Waals surface area contributed by atoms with Gasteiger partial charge in [-0.15, -0.1) is 10.2 Å². The summed E-state index contributed by atoms with van der Waals surface area (Å²) in [6.07, 6.45) is 0. The van der Waals surface area contributed by atoms with Gasteiger partial charge in [0.05, 0.1) is 11.6 Å². The highest BCUT2D eigenvalue weighted by Gasteiger charge is 2.27. The SMILES string of the molecule is COCC(=O)N1CCSc2nnc(COc3cc(Cl)ccc3Cl)n21. The van der Waals surface area contributed by atoms with Crippen LogP contribution in [0.25, 0.3) is 0 Å². The molecule has 0 bridgehead atoms. The van der Waals surface area contributed by atoms with Gasteiger partial charge in [-0.05, 0) is 12.1 Å². The van der Waals surface area contributed by atoms with E-state index in [1.807, 2.05) is 0 Å². The lowest BCUT2D eigenvalue weighted by molar-refractivity contribution is -0.123. The number of hydrogen-bond acceptors (Lipinski definition) is 6. The zero-order chi connectivity index (χ0) is 17.1. The number of benzene rings is 1. The van der Waals surface area contributed by atoms with Crippen LogP contribution in [0.15, 0.2) is 23.4 Å². The average molecular weight is 389 g/mol. The Bertz CT molecular complexity index is 756. The molecule has 0 atom stereocenters. The van der Waals surface area contributed by atoms with Crippen molar-refractivity contribution >= 4 is 40.9 Å². The number of rotatable bonds is 5. The van der Waals surface area contributed by atoms with Gasteiger partial charge in [0.25, 0.3) is 5.91 Å². The summed E-state index contributed by atoms with van der Waals surface area (Å²) in [5.41, 5.74) is 0. The van der Waals surface area contributed by atoms with Crippen molar-refractivity contribution in [1.29, 1.82) is 0 Å². The number of thioether (sulfide) groups is 1. The van der Waals surface area contributed by atoms with Gasteiger partial charge in [-0.3, -0.25) is 4.79 Å². The molecule has 1 aromatic carbocycles. The largest absolute Gasteiger partial charge is 0.484 e. The van der Waals surface area contributed by atoms with Crippen molar-refractivity contribution in [3.05, 3.63) is 34.1 Å². The maximum Gasteiger partial charge on any atom is 0.267 e. The van der Waals surface area contributed by atoms with Crippen LogP contribution in [0.5, 0.6) is 5.75 Å². The third kappa shape index (κ3) is 3.61. The molecule has 0 spiro atoms. The predicted molar refractivity (Wildman–Crippen MR) is 91.5 cm³/mol. The van der Waals surface area contributed by atoms with Crippen molar-refractivity contribution in [2.75, 3.05) is 31.0 Å². The fraction of sp³-hybridized carbons (Fsp3) is 0.357. The second-order valence-corrected chi connectivity index (χ2v) is 6.78. The Balaban J connectivity index is 1.81. The van der Waals surface area contributed by atoms with E-state index in [1.54, 1.807) is 27.9 Å². The van der Waals surface area contributed by atoms with E-state index in [0.717, 1.165) is 5.75 Å². The number of carbonyl (C=O) groups excluding carboxylic acids is 1. The van der Waals surface area contributed by atoms with Gasteiger partial charge in [0.2, 0.25) is 5.16 Å². The molecule has 2 heterocycles. The van der Waals surface area contributed by atoms with Gasteiger partial charge in [-0.25, -0.2) is 9.69 Å². The normalized spacial score (nSPS) is 13.7. The number of methoxy groups -OCH3 is 1. The smallest absolute Gasteiger partial charge is 0.267 e. The minimum Gasteiger partial charge on any atom is -0.484 e. The topological polar surface area (TPSA) is 69.5 Å². The van der Waals surface area contributed by atoms with Crippen molar-refractivity contribution in [3.8, 4) is 5.75 Å². The van der Waals surface area contributed by atoms with Crippen LogP contribution in [0.2, 0.25) is 10.0 Å². The highest BCUT2D eigenvalue weighted by Crippen LogP contribution is 2.29. The second-order valence-electron chi connectivity index (χ2n) is 4.87. The van der Waals surface area contributed by atoms with Gasteiger partial charge in [0.15, 0.2) is 5.82 Å². The van der Waals surface area contributed by atoms with Crippen LogP contribution in [0, 0.1) is 0 Å². The molecule has 0 saturated heterocycles. The Hall–Kier alpha value is -1.48. The Labute approximate surface area is 152 Å². The molecule has 128 valence electrons. The molecule has 0 aliphatic carbocycles. The highest BCUT2D eigenvalue weighted by atomic mass is 35.5. The first-order valence-corrected chi connectivity index (χ1v) is 8.79. The first-order chi connectivity index (χ1) is 11.6. The van der Waals surface area contributed by atoms with Crippen molar-refractivity contribution in [2.24, 2.45) is 0 Å². The zero-order valence-electron chi connectivity index (χ0n) is 12.7. The lowest BCUT2D eigenvalue weighted by Crippen LogP contribution is -2.47. The molecule has 1 aliphatic heterocycles. The first-order valence-electron chi connectivity index (χ1n) is 7.04. The number of nitrogens with zero attached hydrogens (tertiary/aromatic N) is 4. The lowest BCUT2D eigenvalue weighted by atomic mass is 10.3. The molecule has 2 aromatic rings.